The smallest absolute Gasteiger partial charge is 0.295 e. The highest BCUT2D eigenvalue weighted by Gasteiger charge is 2.45. The minimum absolute atomic E-state index is 0.0604. The van der Waals surface area contributed by atoms with Gasteiger partial charge in [0, 0.05) is 37.3 Å². The van der Waals surface area contributed by atoms with E-state index < -0.39 is 17.7 Å². The van der Waals surface area contributed by atoms with E-state index >= 15 is 0 Å². The maximum absolute atomic E-state index is 13.0. The zero-order valence-electron chi connectivity index (χ0n) is 17.4. The Hall–Kier alpha value is -2.83. The van der Waals surface area contributed by atoms with Crippen LogP contribution in [0.2, 0.25) is 5.02 Å². The number of ketones is 1. The van der Waals surface area contributed by atoms with Crippen LogP contribution in [0.5, 0.6) is 5.75 Å². The summed E-state index contributed by atoms with van der Waals surface area (Å²) < 4.78 is 10.8. The third-order valence-corrected chi connectivity index (χ3v) is 5.86. The summed E-state index contributed by atoms with van der Waals surface area (Å²) in [6.07, 6.45) is 1.35. The number of aliphatic hydroxyl groups is 1. The van der Waals surface area contributed by atoms with Crippen LogP contribution in [0.25, 0.3) is 5.76 Å². The Labute approximate surface area is 186 Å². The molecule has 1 N–H and O–H groups in total. The molecule has 0 aliphatic carbocycles. The van der Waals surface area contributed by atoms with Gasteiger partial charge in [-0.2, -0.15) is 0 Å². The van der Waals surface area contributed by atoms with Crippen molar-refractivity contribution in [1.29, 1.82) is 0 Å². The first kappa shape index (κ1) is 21.4. The minimum Gasteiger partial charge on any atom is -0.507 e. The molecule has 2 atom stereocenters. The van der Waals surface area contributed by atoms with Gasteiger partial charge in [-0.3, -0.25) is 9.59 Å². The zero-order valence-corrected chi connectivity index (χ0v) is 18.2. The second kappa shape index (κ2) is 8.73. The molecule has 2 aromatic rings. The predicted molar refractivity (Wildman–Crippen MR) is 117 cm³/mol. The molecule has 0 spiro atoms. The fourth-order valence-electron chi connectivity index (χ4n) is 4.24. The van der Waals surface area contributed by atoms with Crippen LogP contribution in [0.1, 0.15) is 36.1 Å². The lowest BCUT2D eigenvalue weighted by molar-refractivity contribution is -0.140. The Morgan fingerprint density at radius 2 is 2.06 bits per heavy atom. The first-order chi connectivity index (χ1) is 14.9. The standard InChI is InChI=1S/C24H24ClNO5/c1-14-11-17-12-16(7-8-19(17)31-14)22(27)20-21(15-5-3-6-18(25)13-15)26(9-4-10-30-2)24(29)23(20)28/h3,5-8,12-14,21,27H,4,9-11H2,1-2H3. The third kappa shape index (κ3) is 4.05. The van der Waals surface area contributed by atoms with Crippen LogP contribution in [0.3, 0.4) is 0 Å². The molecule has 4 rings (SSSR count). The number of carbonyl (C=O) groups is 2. The Balaban J connectivity index is 1.80. The monoisotopic (exact) mass is 441 g/mol. The minimum atomic E-state index is -0.723. The summed E-state index contributed by atoms with van der Waals surface area (Å²) in [6, 6.07) is 11.6. The summed E-state index contributed by atoms with van der Waals surface area (Å²) in [7, 11) is 1.58. The van der Waals surface area contributed by atoms with E-state index in [0.717, 1.165) is 17.7 Å². The molecule has 2 aromatic carbocycles. The molecule has 31 heavy (non-hydrogen) atoms. The molecule has 2 heterocycles. The zero-order chi connectivity index (χ0) is 22.1. The van der Waals surface area contributed by atoms with Crippen LogP contribution in [-0.2, 0) is 20.7 Å². The Morgan fingerprint density at radius 3 is 2.81 bits per heavy atom. The van der Waals surface area contributed by atoms with Crippen molar-refractivity contribution in [3.8, 4) is 5.75 Å². The van der Waals surface area contributed by atoms with Crippen LogP contribution < -0.4 is 4.74 Å². The van der Waals surface area contributed by atoms with Crippen molar-refractivity contribution in [3.05, 3.63) is 69.8 Å². The van der Waals surface area contributed by atoms with Crippen molar-refractivity contribution in [2.45, 2.75) is 31.9 Å². The highest BCUT2D eigenvalue weighted by Crippen LogP contribution is 2.41. The van der Waals surface area contributed by atoms with E-state index in [4.69, 9.17) is 21.1 Å². The number of nitrogens with zero attached hydrogens (tertiary/aromatic N) is 1. The largest absolute Gasteiger partial charge is 0.507 e. The fourth-order valence-corrected chi connectivity index (χ4v) is 4.44. The van der Waals surface area contributed by atoms with Crippen molar-refractivity contribution in [3.63, 3.8) is 0 Å². The number of rotatable bonds is 6. The number of halogens is 1. The molecule has 1 saturated heterocycles. The van der Waals surface area contributed by atoms with Crippen LogP contribution in [0.15, 0.2) is 48.0 Å². The molecule has 7 heteroatoms. The highest BCUT2D eigenvalue weighted by atomic mass is 35.5. The molecule has 1 fully saturated rings. The summed E-state index contributed by atoms with van der Waals surface area (Å²) in [5, 5.41) is 11.7. The predicted octanol–water partition coefficient (Wildman–Crippen LogP) is 4.12. The number of hydrogen-bond donors (Lipinski definition) is 1. The average molecular weight is 442 g/mol. The summed E-state index contributed by atoms with van der Waals surface area (Å²) in [6.45, 7) is 2.75. The number of carbonyl (C=O) groups excluding carboxylic acids is 2. The second-order valence-corrected chi connectivity index (χ2v) is 8.29. The van der Waals surface area contributed by atoms with E-state index in [1.165, 1.54) is 4.90 Å². The molecule has 0 aromatic heterocycles. The fraction of sp³-hybridized carbons (Fsp3) is 0.333. The summed E-state index contributed by atoms with van der Waals surface area (Å²) in [4.78, 5) is 27.4. The topological polar surface area (TPSA) is 76.1 Å². The SMILES string of the molecule is COCCCN1C(=O)C(=O)C(=C(O)c2ccc3c(c2)CC(C)O3)C1c1cccc(Cl)c1. The van der Waals surface area contributed by atoms with Crippen LogP contribution in [-0.4, -0.2) is 48.1 Å². The summed E-state index contributed by atoms with van der Waals surface area (Å²) in [5.74, 6) is -0.763. The molecule has 2 unspecified atom stereocenters. The molecular formula is C24H24ClNO5. The molecule has 2 aliphatic heterocycles. The highest BCUT2D eigenvalue weighted by molar-refractivity contribution is 6.46. The van der Waals surface area contributed by atoms with E-state index in [1.54, 1.807) is 43.5 Å². The maximum Gasteiger partial charge on any atom is 0.295 e. The Kier molecular flexibility index (Phi) is 6.03. The van der Waals surface area contributed by atoms with Gasteiger partial charge in [-0.25, -0.2) is 0 Å². The molecule has 162 valence electrons. The number of ether oxygens (including phenoxy) is 2. The molecule has 0 bridgehead atoms. The van der Waals surface area contributed by atoms with Crippen molar-refractivity contribution >= 4 is 29.1 Å². The number of fused-ring (bicyclic) bond motifs is 1. The van der Waals surface area contributed by atoms with Crippen molar-refractivity contribution in [1.82, 2.24) is 4.90 Å². The van der Waals surface area contributed by atoms with E-state index in [2.05, 4.69) is 0 Å². The number of methoxy groups -OCH3 is 1. The quantitative estimate of drug-likeness (QED) is 0.316. The van der Waals surface area contributed by atoms with E-state index in [-0.39, 0.29) is 17.4 Å². The normalized spacial score (nSPS) is 22.0. The lowest BCUT2D eigenvalue weighted by Gasteiger charge is -2.25. The number of likely N-dealkylation sites (tertiary alicyclic amines) is 1. The summed E-state index contributed by atoms with van der Waals surface area (Å²) in [5.41, 5.74) is 2.18. The van der Waals surface area contributed by atoms with E-state index in [1.807, 2.05) is 13.0 Å². The van der Waals surface area contributed by atoms with Gasteiger partial charge in [0.25, 0.3) is 11.7 Å². The number of Topliss-reactive ketones (excluding diaryl/α,β-unsaturated/α-hetero) is 1. The number of hydrogen-bond acceptors (Lipinski definition) is 5. The van der Waals surface area contributed by atoms with Crippen LogP contribution in [0, 0.1) is 0 Å². The van der Waals surface area contributed by atoms with Gasteiger partial charge in [-0.15, -0.1) is 0 Å². The van der Waals surface area contributed by atoms with E-state index in [0.29, 0.717) is 35.7 Å². The van der Waals surface area contributed by atoms with Gasteiger partial charge >= 0.3 is 0 Å². The van der Waals surface area contributed by atoms with Gasteiger partial charge in [-0.1, -0.05) is 23.7 Å². The summed E-state index contributed by atoms with van der Waals surface area (Å²) >= 11 is 6.19. The lowest BCUT2D eigenvalue weighted by atomic mass is 9.94. The van der Waals surface area contributed by atoms with Gasteiger partial charge in [0.1, 0.15) is 17.6 Å². The van der Waals surface area contributed by atoms with Crippen molar-refractivity contribution < 1.29 is 24.2 Å². The Bertz CT molecular complexity index is 1060. The third-order valence-electron chi connectivity index (χ3n) is 5.62. The van der Waals surface area contributed by atoms with Gasteiger partial charge in [0.05, 0.1) is 11.6 Å². The molecule has 6 nitrogen and oxygen atoms in total. The average Bonchev–Trinajstić information content (AvgIpc) is 3.24. The van der Waals surface area contributed by atoms with Crippen LogP contribution in [0.4, 0.5) is 0 Å². The van der Waals surface area contributed by atoms with Gasteiger partial charge < -0.3 is 19.5 Å². The molecule has 0 radical (unpaired) electrons. The maximum atomic E-state index is 13.0. The molecule has 2 aliphatic rings. The first-order valence-electron chi connectivity index (χ1n) is 10.2. The number of aliphatic hydroxyl groups excluding tert-OH is 1. The van der Waals surface area contributed by atoms with Gasteiger partial charge in [-0.05, 0) is 54.8 Å². The molecular weight excluding hydrogens is 418 g/mol. The molecule has 0 saturated carbocycles. The van der Waals surface area contributed by atoms with Crippen molar-refractivity contribution in [2.24, 2.45) is 0 Å². The van der Waals surface area contributed by atoms with Gasteiger partial charge in [0.15, 0.2) is 0 Å². The van der Waals surface area contributed by atoms with Crippen LogP contribution >= 0.6 is 11.6 Å². The Morgan fingerprint density at radius 1 is 1.26 bits per heavy atom. The lowest BCUT2D eigenvalue weighted by Crippen LogP contribution is -2.31. The number of amides is 1. The molecule has 1 amide bonds. The first-order valence-corrected chi connectivity index (χ1v) is 10.6. The van der Waals surface area contributed by atoms with Gasteiger partial charge in [0.2, 0.25) is 0 Å². The van der Waals surface area contributed by atoms with Crippen molar-refractivity contribution in [2.75, 3.05) is 20.3 Å². The number of benzene rings is 2. The second-order valence-electron chi connectivity index (χ2n) is 7.85. The van der Waals surface area contributed by atoms with E-state index in [9.17, 15) is 14.7 Å².